The van der Waals surface area contributed by atoms with Crippen LogP contribution in [0.5, 0.6) is 0 Å². The average Bonchev–Trinajstić information content (AvgIpc) is 2.71. The lowest BCUT2D eigenvalue weighted by molar-refractivity contribution is -0.161. The van der Waals surface area contributed by atoms with Crippen molar-refractivity contribution in [2.45, 2.75) is 52.6 Å². The van der Waals surface area contributed by atoms with Gasteiger partial charge in [0.05, 0.1) is 12.6 Å². The Morgan fingerprint density at radius 1 is 1.07 bits per heavy atom. The van der Waals surface area contributed by atoms with Crippen molar-refractivity contribution < 1.29 is 24.2 Å². The second-order valence-electron chi connectivity index (χ2n) is 6.75. The summed E-state index contributed by atoms with van der Waals surface area (Å²) in [6.07, 6.45) is 0. The molecule has 0 saturated heterocycles. The number of carboxylic acid groups (broad SMARTS) is 1. The van der Waals surface area contributed by atoms with E-state index in [9.17, 15) is 19.5 Å². The lowest BCUT2D eigenvalue weighted by Gasteiger charge is -2.35. The van der Waals surface area contributed by atoms with Crippen molar-refractivity contribution >= 4 is 17.8 Å². The topological polar surface area (TPSA) is 99.2 Å². The SMILES string of the molecule is CCOC(=O)C(N[C@@H](C)C(=O)N(CC(=O)O)N(CC)CC)C(C)c1ccccc1. The van der Waals surface area contributed by atoms with Crippen molar-refractivity contribution in [2.24, 2.45) is 0 Å². The van der Waals surface area contributed by atoms with Gasteiger partial charge in [-0.05, 0) is 19.4 Å². The molecule has 0 heterocycles. The van der Waals surface area contributed by atoms with E-state index in [1.54, 1.807) is 18.9 Å². The number of hydrogen-bond donors (Lipinski definition) is 2. The number of rotatable bonds is 12. The van der Waals surface area contributed by atoms with E-state index in [1.807, 2.05) is 51.1 Å². The maximum Gasteiger partial charge on any atom is 0.324 e. The van der Waals surface area contributed by atoms with Crippen LogP contribution >= 0.6 is 0 Å². The molecule has 0 aliphatic rings. The van der Waals surface area contributed by atoms with Crippen molar-refractivity contribution in [3.63, 3.8) is 0 Å². The van der Waals surface area contributed by atoms with Gasteiger partial charge in [0.15, 0.2) is 0 Å². The summed E-state index contributed by atoms with van der Waals surface area (Å²) in [6.45, 7) is 9.71. The highest BCUT2D eigenvalue weighted by Crippen LogP contribution is 2.21. The Kier molecular flexibility index (Phi) is 10.3. The first-order valence-corrected chi connectivity index (χ1v) is 10.0. The summed E-state index contributed by atoms with van der Waals surface area (Å²) < 4.78 is 5.21. The third-order valence-corrected chi connectivity index (χ3v) is 4.78. The van der Waals surface area contributed by atoms with Gasteiger partial charge in [0, 0.05) is 19.0 Å². The number of carboxylic acids is 1. The van der Waals surface area contributed by atoms with Gasteiger partial charge < -0.3 is 9.84 Å². The monoisotopic (exact) mass is 407 g/mol. The van der Waals surface area contributed by atoms with Crippen molar-refractivity contribution in [3.05, 3.63) is 35.9 Å². The minimum absolute atomic E-state index is 0.228. The molecule has 8 heteroatoms. The number of benzene rings is 1. The highest BCUT2D eigenvalue weighted by molar-refractivity contribution is 5.86. The first kappa shape index (κ1) is 24.6. The van der Waals surface area contributed by atoms with Gasteiger partial charge in [-0.3, -0.25) is 24.7 Å². The van der Waals surface area contributed by atoms with Gasteiger partial charge in [-0.15, -0.1) is 0 Å². The van der Waals surface area contributed by atoms with Crippen LogP contribution in [-0.4, -0.2) is 71.3 Å². The van der Waals surface area contributed by atoms with Crippen molar-refractivity contribution in [1.82, 2.24) is 15.3 Å². The van der Waals surface area contributed by atoms with E-state index in [-0.39, 0.29) is 12.5 Å². The molecule has 29 heavy (non-hydrogen) atoms. The zero-order chi connectivity index (χ0) is 22.0. The van der Waals surface area contributed by atoms with E-state index in [4.69, 9.17) is 4.74 Å². The Labute approximate surface area is 172 Å². The van der Waals surface area contributed by atoms with Crippen LogP contribution in [0.15, 0.2) is 30.3 Å². The summed E-state index contributed by atoms with van der Waals surface area (Å²) in [7, 11) is 0. The smallest absolute Gasteiger partial charge is 0.324 e. The van der Waals surface area contributed by atoms with Crippen molar-refractivity contribution in [1.29, 1.82) is 0 Å². The molecule has 1 rings (SSSR count). The third kappa shape index (κ3) is 7.14. The van der Waals surface area contributed by atoms with E-state index in [0.717, 1.165) is 5.56 Å². The molecule has 0 aliphatic carbocycles. The van der Waals surface area contributed by atoms with E-state index >= 15 is 0 Å². The highest BCUT2D eigenvalue weighted by atomic mass is 16.5. The van der Waals surface area contributed by atoms with Gasteiger partial charge in [-0.2, -0.15) is 0 Å². The molecule has 3 atom stereocenters. The zero-order valence-corrected chi connectivity index (χ0v) is 17.9. The first-order valence-electron chi connectivity index (χ1n) is 10.0. The number of hydrazine groups is 1. The number of esters is 1. The molecule has 0 aromatic heterocycles. The summed E-state index contributed by atoms with van der Waals surface area (Å²) >= 11 is 0. The average molecular weight is 408 g/mol. The van der Waals surface area contributed by atoms with Crippen molar-refractivity contribution in [2.75, 3.05) is 26.2 Å². The number of carbonyl (C=O) groups excluding carboxylic acids is 2. The lowest BCUT2D eigenvalue weighted by atomic mass is 9.92. The summed E-state index contributed by atoms with van der Waals surface area (Å²) in [5.41, 5.74) is 0.934. The van der Waals surface area contributed by atoms with E-state index in [0.29, 0.717) is 13.1 Å². The van der Waals surface area contributed by atoms with Crippen LogP contribution < -0.4 is 5.32 Å². The lowest BCUT2D eigenvalue weighted by Crippen LogP contribution is -2.57. The summed E-state index contributed by atoms with van der Waals surface area (Å²) in [5.74, 6) is -2.20. The van der Waals surface area contributed by atoms with Crippen LogP contribution in [0.2, 0.25) is 0 Å². The normalized spacial score (nSPS) is 14.1. The molecular weight excluding hydrogens is 374 g/mol. The minimum Gasteiger partial charge on any atom is -0.480 e. The maximum absolute atomic E-state index is 13.0. The molecule has 1 aromatic carbocycles. The Morgan fingerprint density at radius 2 is 1.66 bits per heavy atom. The van der Waals surface area contributed by atoms with Crippen molar-refractivity contribution in [3.8, 4) is 0 Å². The molecule has 1 aromatic rings. The summed E-state index contributed by atoms with van der Waals surface area (Å²) in [4.78, 5) is 36.9. The maximum atomic E-state index is 13.0. The number of aliphatic carboxylic acids is 1. The van der Waals surface area contributed by atoms with E-state index in [2.05, 4.69) is 5.32 Å². The van der Waals surface area contributed by atoms with Crippen LogP contribution in [-0.2, 0) is 19.1 Å². The Morgan fingerprint density at radius 3 is 2.14 bits per heavy atom. The Bertz CT molecular complexity index is 664. The predicted molar refractivity (Wildman–Crippen MR) is 110 cm³/mol. The zero-order valence-electron chi connectivity index (χ0n) is 17.9. The van der Waals surface area contributed by atoms with E-state index in [1.165, 1.54) is 5.01 Å². The van der Waals surface area contributed by atoms with Gasteiger partial charge in [0.1, 0.15) is 12.6 Å². The second kappa shape index (κ2) is 12.2. The molecule has 0 bridgehead atoms. The van der Waals surface area contributed by atoms with Gasteiger partial charge in [0.2, 0.25) is 0 Å². The van der Waals surface area contributed by atoms with Gasteiger partial charge in [0.25, 0.3) is 5.91 Å². The number of carbonyl (C=O) groups is 3. The molecule has 0 aliphatic heterocycles. The first-order chi connectivity index (χ1) is 13.8. The molecule has 2 N–H and O–H groups in total. The van der Waals surface area contributed by atoms with Gasteiger partial charge >= 0.3 is 11.9 Å². The number of hydrogen-bond acceptors (Lipinski definition) is 6. The number of amides is 1. The van der Waals surface area contributed by atoms with Crippen LogP contribution in [0.25, 0.3) is 0 Å². The van der Waals surface area contributed by atoms with Crippen LogP contribution in [0.1, 0.15) is 46.1 Å². The fourth-order valence-corrected chi connectivity index (χ4v) is 3.17. The third-order valence-electron chi connectivity index (χ3n) is 4.78. The number of nitrogens with one attached hydrogen (secondary N) is 1. The fraction of sp³-hybridized carbons (Fsp3) is 0.571. The van der Waals surface area contributed by atoms with E-state index < -0.39 is 36.5 Å². The molecule has 8 nitrogen and oxygen atoms in total. The standard InChI is InChI=1S/C21H33N3O5/c1-6-23(7-2)24(14-18(25)26)20(27)16(5)22-19(21(28)29-8-3)15(4)17-12-10-9-11-13-17/h9-13,15-16,19,22H,6-8,14H2,1-5H3,(H,25,26)/t15?,16-,19?/m0/s1. The van der Waals surface area contributed by atoms with Gasteiger partial charge in [-0.25, -0.2) is 5.01 Å². The molecule has 162 valence electrons. The molecule has 0 spiro atoms. The Balaban J connectivity index is 3.07. The molecule has 2 unspecified atom stereocenters. The fourth-order valence-electron chi connectivity index (χ4n) is 3.17. The summed E-state index contributed by atoms with van der Waals surface area (Å²) in [5, 5.41) is 15.2. The number of ether oxygens (including phenoxy) is 1. The van der Waals surface area contributed by atoms with Crippen LogP contribution in [0.4, 0.5) is 0 Å². The molecule has 1 amide bonds. The molecular formula is C21H33N3O5. The molecule has 0 saturated carbocycles. The van der Waals surface area contributed by atoms with Gasteiger partial charge in [-0.1, -0.05) is 51.1 Å². The van der Waals surface area contributed by atoms with Crippen LogP contribution in [0, 0.1) is 0 Å². The second-order valence-corrected chi connectivity index (χ2v) is 6.75. The number of nitrogens with zero attached hydrogens (tertiary/aromatic N) is 2. The Hall–Kier alpha value is -2.45. The molecule has 0 fully saturated rings. The largest absolute Gasteiger partial charge is 0.480 e. The predicted octanol–water partition coefficient (Wildman–Crippen LogP) is 1.87. The quantitative estimate of drug-likeness (QED) is 0.403. The highest BCUT2D eigenvalue weighted by Gasteiger charge is 2.33. The van der Waals surface area contributed by atoms with Crippen LogP contribution in [0.3, 0.4) is 0 Å². The minimum atomic E-state index is -1.10. The summed E-state index contributed by atoms with van der Waals surface area (Å²) in [6, 6.07) is 7.96. The molecule has 0 radical (unpaired) electrons.